The zero-order valence-corrected chi connectivity index (χ0v) is 17.1. The Bertz CT molecular complexity index is 729. The Labute approximate surface area is 167 Å². The van der Waals surface area contributed by atoms with E-state index in [9.17, 15) is 9.59 Å². The van der Waals surface area contributed by atoms with Gasteiger partial charge in [-0.3, -0.25) is 9.59 Å². The lowest BCUT2D eigenvalue weighted by Crippen LogP contribution is -2.44. The van der Waals surface area contributed by atoms with Crippen LogP contribution in [0.4, 0.5) is 0 Å². The van der Waals surface area contributed by atoms with E-state index >= 15 is 0 Å². The zero-order chi connectivity index (χ0) is 20.1. The predicted octanol–water partition coefficient (Wildman–Crippen LogP) is 3.35. The quantitative estimate of drug-likeness (QED) is 0.816. The number of rotatable bonds is 6. The summed E-state index contributed by atoms with van der Waals surface area (Å²) in [4.78, 5) is 24.7. The van der Waals surface area contributed by atoms with E-state index in [1.54, 1.807) is 7.11 Å². The topological polar surface area (TPSA) is 71.0 Å². The van der Waals surface area contributed by atoms with E-state index in [2.05, 4.69) is 24.3 Å². The summed E-state index contributed by atoms with van der Waals surface area (Å²) in [5, 5.41) is 9.14. The number of benzene rings is 1. The van der Waals surface area contributed by atoms with Crippen LogP contribution in [0, 0.1) is 11.8 Å². The second-order valence-electron chi connectivity index (χ2n) is 7.98. The highest BCUT2D eigenvalue weighted by molar-refractivity contribution is 6.04. The van der Waals surface area contributed by atoms with Gasteiger partial charge in [0.25, 0.3) is 0 Å². The molecular weight excluding hydrogens is 354 g/mol. The van der Waals surface area contributed by atoms with Gasteiger partial charge >= 0.3 is 0 Å². The number of hydrazone groups is 1. The number of nitrogens with zero attached hydrogens (tertiary/aromatic N) is 2. The van der Waals surface area contributed by atoms with Gasteiger partial charge < -0.3 is 10.1 Å². The summed E-state index contributed by atoms with van der Waals surface area (Å²) in [5.41, 5.74) is 1.85. The van der Waals surface area contributed by atoms with E-state index in [1.165, 1.54) is 11.4 Å². The molecule has 1 aliphatic heterocycles. The molecule has 2 amide bonds. The van der Waals surface area contributed by atoms with Crippen molar-refractivity contribution in [3.63, 3.8) is 0 Å². The number of amides is 2. The number of hydrogen-bond acceptors (Lipinski definition) is 4. The Balaban J connectivity index is 1.57. The molecular formula is C22H31N3O3. The molecule has 2 aliphatic rings. The van der Waals surface area contributed by atoms with Crippen LogP contribution in [0.15, 0.2) is 29.4 Å². The molecule has 6 nitrogen and oxygen atoms in total. The van der Waals surface area contributed by atoms with Crippen LogP contribution in [0.5, 0.6) is 5.75 Å². The lowest BCUT2D eigenvalue weighted by Gasteiger charge is -2.34. The molecule has 0 radical (unpaired) electrons. The fourth-order valence-electron chi connectivity index (χ4n) is 4.04. The summed E-state index contributed by atoms with van der Waals surface area (Å²) in [7, 11) is 1.63. The smallest absolute Gasteiger partial charge is 0.243 e. The van der Waals surface area contributed by atoms with Crippen LogP contribution in [0.3, 0.4) is 0 Å². The molecule has 1 aliphatic carbocycles. The van der Waals surface area contributed by atoms with Crippen LogP contribution >= 0.6 is 0 Å². The Hall–Kier alpha value is -2.37. The van der Waals surface area contributed by atoms with Gasteiger partial charge in [0.15, 0.2) is 0 Å². The third-order valence-corrected chi connectivity index (χ3v) is 6.13. The van der Waals surface area contributed by atoms with Crippen molar-refractivity contribution >= 4 is 17.5 Å². The predicted molar refractivity (Wildman–Crippen MR) is 109 cm³/mol. The highest BCUT2D eigenvalue weighted by atomic mass is 16.5. The Morgan fingerprint density at radius 1 is 1.21 bits per heavy atom. The molecule has 0 saturated heterocycles. The first kappa shape index (κ1) is 20.4. The summed E-state index contributed by atoms with van der Waals surface area (Å²) >= 11 is 0. The maximum Gasteiger partial charge on any atom is 0.243 e. The van der Waals surface area contributed by atoms with Gasteiger partial charge in [-0.05, 0) is 48.1 Å². The molecule has 0 unspecified atom stereocenters. The molecule has 3 rings (SSSR count). The normalized spacial score (nSPS) is 25.2. The van der Waals surface area contributed by atoms with Crippen molar-refractivity contribution in [2.45, 2.75) is 58.4 Å². The first-order valence-corrected chi connectivity index (χ1v) is 10.3. The summed E-state index contributed by atoms with van der Waals surface area (Å²) in [5.74, 6) is 1.90. The highest BCUT2D eigenvalue weighted by Crippen LogP contribution is 2.29. The molecule has 152 valence electrons. The molecule has 0 bridgehead atoms. The number of carbonyl (C=O) groups is 2. The first-order valence-electron chi connectivity index (χ1n) is 10.3. The largest absolute Gasteiger partial charge is 0.497 e. The Morgan fingerprint density at radius 3 is 2.68 bits per heavy atom. The van der Waals surface area contributed by atoms with Crippen molar-refractivity contribution in [3.05, 3.63) is 29.8 Å². The Morgan fingerprint density at radius 2 is 1.96 bits per heavy atom. The molecule has 1 heterocycles. The van der Waals surface area contributed by atoms with Crippen molar-refractivity contribution in [2.75, 3.05) is 13.7 Å². The van der Waals surface area contributed by atoms with Crippen molar-refractivity contribution in [3.8, 4) is 5.75 Å². The van der Waals surface area contributed by atoms with Crippen molar-refractivity contribution in [1.29, 1.82) is 0 Å². The van der Waals surface area contributed by atoms with E-state index in [4.69, 9.17) is 4.74 Å². The third-order valence-electron chi connectivity index (χ3n) is 6.13. The SMILES string of the molecule is COc1ccc(C2=NN(CCC(=O)N[C@@H]3CCC[C@H](C)[C@@H]3C)C(=O)CC2)cc1. The average Bonchev–Trinajstić information content (AvgIpc) is 2.71. The van der Waals surface area contributed by atoms with Gasteiger partial charge in [0.05, 0.1) is 19.4 Å². The van der Waals surface area contributed by atoms with Gasteiger partial charge in [0, 0.05) is 25.3 Å². The van der Waals surface area contributed by atoms with Crippen LogP contribution < -0.4 is 10.1 Å². The molecule has 0 spiro atoms. The third kappa shape index (κ3) is 4.91. The van der Waals surface area contributed by atoms with Crippen molar-refractivity contribution < 1.29 is 14.3 Å². The van der Waals surface area contributed by atoms with E-state index in [0.29, 0.717) is 31.2 Å². The molecule has 3 atom stereocenters. The zero-order valence-electron chi connectivity index (χ0n) is 17.1. The van der Waals surface area contributed by atoms with Gasteiger partial charge in [-0.15, -0.1) is 0 Å². The maximum atomic E-state index is 12.4. The lowest BCUT2D eigenvalue weighted by molar-refractivity contribution is -0.132. The monoisotopic (exact) mass is 385 g/mol. The van der Waals surface area contributed by atoms with Crippen molar-refractivity contribution in [2.24, 2.45) is 16.9 Å². The summed E-state index contributed by atoms with van der Waals surface area (Å²) in [6, 6.07) is 7.91. The van der Waals surface area contributed by atoms with Gasteiger partial charge in [-0.25, -0.2) is 5.01 Å². The van der Waals surface area contributed by atoms with Gasteiger partial charge in [-0.1, -0.05) is 26.7 Å². The standard InChI is InChI=1S/C22H31N3O3/c1-15-5-4-6-19(16(15)2)23-21(26)13-14-25-22(27)12-11-20(24-25)17-7-9-18(28-3)10-8-17/h7-10,15-16,19H,4-6,11-14H2,1-3H3,(H,23,26)/t15-,16-,19+/m0/s1. The van der Waals surface area contributed by atoms with Gasteiger partial charge in [0.2, 0.25) is 11.8 Å². The lowest BCUT2D eigenvalue weighted by atomic mass is 9.78. The first-order chi connectivity index (χ1) is 13.5. The van der Waals surface area contributed by atoms with E-state index in [-0.39, 0.29) is 24.3 Å². The van der Waals surface area contributed by atoms with E-state index in [0.717, 1.165) is 29.9 Å². The summed E-state index contributed by atoms with van der Waals surface area (Å²) in [6.45, 7) is 4.79. The van der Waals surface area contributed by atoms with Gasteiger partial charge in [-0.2, -0.15) is 5.10 Å². The molecule has 1 aromatic rings. The second-order valence-corrected chi connectivity index (χ2v) is 7.98. The molecule has 1 aromatic carbocycles. The maximum absolute atomic E-state index is 12.4. The summed E-state index contributed by atoms with van der Waals surface area (Å²) in [6.07, 6.45) is 4.76. The second kappa shape index (κ2) is 9.22. The fraction of sp³-hybridized carbons (Fsp3) is 0.591. The van der Waals surface area contributed by atoms with Crippen LogP contribution in [0.1, 0.15) is 57.9 Å². The highest BCUT2D eigenvalue weighted by Gasteiger charge is 2.28. The van der Waals surface area contributed by atoms with Gasteiger partial charge in [0.1, 0.15) is 5.75 Å². The van der Waals surface area contributed by atoms with E-state index in [1.807, 2.05) is 24.3 Å². The molecule has 1 fully saturated rings. The number of ether oxygens (including phenoxy) is 1. The average molecular weight is 386 g/mol. The number of hydrogen-bond donors (Lipinski definition) is 1. The molecule has 0 aromatic heterocycles. The minimum Gasteiger partial charge on any atom is -0.497 e. The number of methoxy groups -OCH3 is 1. The van der Waals surface area contributed by atoms with Crippen LogP contribution in [0.25, 0.3) is 0 Å². The summed E-state index contributed by atoms with van der Waals surface area (Å²) < 4.78 is 5.19. The fourth-order valence-corrected chi connectivity index (χ4v) is 4.04. The number of nitrogens with one attached hydrogen (secondary N) is 1. The number of carbonyl (C=O) groups excluding carboxylic acids is 2. The molecule has 1 saturated carbocycles. The van der Waals surface area contributed by atoms with Crippen LogP contribution in [-0.4, -0.2) is 42.2 Å². The van der Waals surface area contributed by atoms with Crippen molar-refractivity contribution in [1.82, 2.24) is 10.3 Å². The Kier molecular flexibility index (Phi) is 6.70. The van der Waals surface area contributed by atoms with E-state index < -0.39 is 0 Å². The molecule has 6 heteroatoms. The minimum absolute atomic E-state index is 0.00511. The van der Waals surface area contributed by atoms with Crippen LogP contribution in [-0.2, 0) is 9.59 Å². The molecule has 1 N–H and O–H groups in total. The van der Waals surface area contributed by atoms with Crippen LogP contribution in [0.2, 0.25) is 0 Å². The minimum atomic E-state index is -0.0234. The molecule has 28 heavy (non-hydrogen) atoms.